The van der Waals surface area contributed by atoms with Gasteiger partial charge in [-0.25, -0.2) is 8.42 Å². The summed E-state index contributed by atoms with van der Waals surface area (Å²) in [7, 11) is -0.663. The van der Waals surface area contributed by atoms with Gasteiger partial charge in [0.2, 0.25) is 0 Å². The highest BCUT2D eigenvalue weighted by Gasteiger charge is 2.21. The molecule has 8 nitrogen and oxygen atoms in total. The standard InChI is InChI=1S/C24H25N3O5S2/c1-27(19-8-4-3-5-9-19)34(29,30)20-14-12-18(13-15-20)25-24(33)26-23(28)21-10-6-7-11-22(21)32-17-16-31-2/h3-15H,16-17H2,1-2H3,(H2,25,26,28,33). The average molecular weight is 500 g/mol. The third-order valence-corrected chi connectivity index (χ3v) is 6.80. The Morgan fingerprint density at radius 3 is 2.26 bits per heavy atom. The van der Waals surface area contributed by atoms with Crippen molar-refractivity contribution in [2.24, 2.45) is 0 Å². The molecule has 34 heavy (non-hydrogen) atoms. The molecule has 1 amide bonds. The maximum Gasteiger partial charge on any atom is 0.264 e. The van der Waals surface area contributed by atoms with Crippen molar-refractivity contribution in [2.75, 3.05) is 37.0 Å². The lowest BCUT2D eigenvalue weighted by Crippen LogP contribution is -2.34. The SMILES string of the molecule is COCCOc1ccccc1C(=O)NC(=S)Nc1ccc(S(=O)(=O)N(C)c2ccccc2)cc1. The molecule has 178 valence electrons. The largest absolute Gasteiger partial charge is 0.490 e. The second kappa shape index (κ2) is 11.6. The summed E-state index contributed by atoms with van der Waals surface area (Å²) in [6.07, 6.45) is 0. The van der Waals surface area contributed by atoms with Gasteiger partial charge in [0.05, 0.1) is 22.8 Å². The van der Waals surface area contributed by atoms with Crippen molar-refractivity contribution in [2.45, 2.75) is 4.90 Å². The molecule has 0 radical (unpaired) electrons. The summed E-state index contributed by atoms with van der Waals surface area (Å²) in [6, 6.07) is 21.7. The number of rotatable bonds is 9. The maximum atomic E-state index is 12.9. The molecule has 3 rings (SSSR count). The summed E-state index contributed by atoms with van der Waals surface area (Å²) >= 11 is 5.24. The fourth-order valence-electron chi connectivity index (χ4n) is 2.99. The molecular weight excluding hydrogens is 474 g/mol. The summed E-state index contributed by atoms with van der Waals surface area (Å²) < 4.78 is 37.6. The van der Waals surface area contributed by atoms with Crippen molar-refractivity contribution in [1.82, 2.24) is 5.32 Å². The molecule has 0 bridgehead atoms. The molecule has 3 aromatic carbocycles. The lowest BCUT2D eigenvalue weighted by molar-refractivity contribution is 0.0970. The van der Waals surface area contributed by atoms with Gasteiger partial charge in [0.15, 0.2) is 5.11 Å². The zero-order valence-electron chi connectivity index (χ0n) is 18.7. The Balaban J connectivity index is 1.64. The number of carbonyl (C=O) groups excluding carboxylic acids is 1. The summed E-state index contributed by atoms with van der Waals surface area (Å²) in [5.41, 5.74) is 1.41. The second-order valence-corrected chi connectivity index (χ2v) is 9.46. The Morgan fingerprint density at radius 1 is 0.941 bits per heavy atom. The van der Waals surface area contributed by atoms with Crippen LogP contribution in [0, 0.1) is 0 Å². The molecule has 3 aromatic rings. The molecule has 0 saturated heterocycles. The van der Waals surface area contributed by atoms with Crippen molar-refractivity contribution in [3.63, 3.8) is 0 Å². The van der Waals surface area contributed by atoms with Crippen molar-refractivity contribution in [3.05, 3.63) is 84.4 Å². The van der Waals surface area contributed by atoms with Gasteiger partial charge in [-0.2, -0.15) is 0 Å². The number of hydrogen-bond donors (Lipinski definition) is 2. The third kappa shape index (κ3) is 6.31. The van der Waals surface area contributed by atoms with E-state index in [-0.39, 0.29) is 10.0 Å². The molecule has 2 N–H and O–H groups in total. The van der Waals surface area contributed by atoms with Crippen LogP contribution in [-0.2, 0) is 14.8 Å². The number of para-hydroxylation sites is 2. The smallest absolute Gasteiger partial charge is 0.264 e. The summed E-state index contributed by atoms with van der Waals surface area (Å²) in [4.78, 5) is 12.8. The van der Waals surface area contributed by atoms with Gasteiger partial charge in [-0.1, -0.05) is 30.3 Å². The predicted molar refractivity (Wildman–Crippen MR) is 136 cm³/mol. The third-order valence-electron chi connectivity index (χ3n) is 4.79. The van der Waals surface area contributed by atoms with Crippen LogP contribution in [0.5, 0.6) is 5.75 Å². The molecular formula is C24H25N3O5S2. The van der Waals surface area contributed by atoms with E-state index in [0.29, 0.717) is 35.9 Å². The van der Waals surface area contributed by atoms with Crippen LogP contribution in [0.4, 0.5) is 11.4 Å². The molecule has 0 aromatic heterocycles. The lowest BCUT2D eigenvalue weighted by Gasteiger charge is -2.19. The van der Waals surface area contributed by atoms with Crippen LogP contribution in [0.15, 0.2) is 83.8 Å². The van der Waals surface area contributed by atoms with Gasteiger partial charge >= 0.3 is 0 Å². The van der Waals surface area contributed by atoms with Crippen LogP contribution in [-0.4, -0.2) is 46.8 Å². The predicted octanol–water partition coefficient (Wildman–Crippen LogP) is 3.66. The molecule has 0 heterocycles. The highest BCUT2D eigenvalue weighted by molar-refractivity contribution is 7.92. The van der Waals surface area contributed by atoms with Crippen molar-refractivity contribution in [1.29, 1.82) is 0 Å². The van der Waals surface area contributed by atoms with E-state index in [9.17, 15) is 13.2 Å². The van der Waals surface area contributed by atoms with Crippen LogP contribution in [0.25, 0.3) is 0 Å². The quantitative estimate of drug-likeness (QED) is 0.343. The minimum atomic E-state index is -3.73. The average Bonchev–Trinajstić information content (AvgIpc) is 2.84. The minimum Gasteiger partial charge on any atom is -0.490 e. The first-order chi connectivity index (χ1) is 16.3. The summed E-state index contributed by atoms with van der Waals surface area (Å²) in [5, 5.41) is 5.55. The molecule has 0 aliphatic heterocycles. The molecule has 0 aliphatic carbocycles. The summed E-state index contributed by atoms with van der Waals surface area (Å²) in [5.74, 6) is -0.0221. The van der Waals surface area contributed by atoms with E-state index in [1.54, 1.807) is 67.8 Å². The first kappa shape index (κ1) is 25.2. The van der Waals surface area contributed by atoms with Crippen molar-refractivity contribution >= 4 is 44.6 Å². The van der Waals surface area contributed by atoms with Gasteiger partial charge in [0.25, 0.3) is 15.9 Å². The number of sulfonamides is 1. The van der Waals surface area contributed by atoms with Crippen LogP contribution in [0.1, 0.15) is 10.4 Å². The zero-order valence-corrected chi connectivity index (χ0v) is 20.4. The Bertz CT molecular complexity index is 1230. The van der Waals surface area contributed by atoms with E-state index in [1.165, 1.54) is 23.5 Å². The van der Waals surface area contributed by atoms with Crippen molar-refractivity contribution in [3.8, 4) is 5.75 Å². The van der Waals surface area contributed by atoms with Gasteiger partial charge in [-0.15, -0.1) is 0 Å². The second-order valence-electron chi connectivity index (χ2n) is 7.08. The number of ether oxygens (including phenoxy) is 2. The lowest BCUT2D eigenvalue weighted by atomic mass is 10.2. The fourth-order valence-corrected chi connectivity index (χ4v) is 4.40. The number of amides is 1. The highest BCUT2D eigenvalue weighted by atomic mass is 32.2. The zero-order chi connectivity index (χ0) is 24.6. The molecule has 0 saturated carbocycles. The number of carbonyl (C=O) groups is 1. The molecule has 0 atom stereocenters. The van der Waals surface area contributed by atoms with Crippen LogP contribution >= 0.6 is 12.2 Å². The highest BCUT2D eigenvalue weighted by Crippen LogP contribution is 2.23. The van der Waals surface area contributed by atoms with Gasteiger partial charge in [0.1, 0.15) is 12.4 Å². The number of nitrogens with zero attached hydrogens (tertiary/aromatic N) is 1. The Labute approximate surface area is 204 Å². The Kier molecular flexibility index (Phi) is 8.58. The number of anilines is 2. The van der Waals surface area contributed by atoms with Crippen LogP contribution in [0.2, 0.25) is 0 Å². The molecule has 0 fully saturated rings. The van der Waals surface area contributed by atoms with Crippen molar-refractivity contribution < 1.29 is 22.7 Å². The fraction of sp³-hybridized carbons (Fsp3) is 0.167. The molecule has 0 unspecified atom stereocenters. The van der Waals surface area contributed by atoms with Crippen LogP contribution < -0.4 is 19.7 Å². The van der Waals surface area contributed by atoms with Gasteiger partial charge in [-0.3, -0.25) is 14.4 Å². The maximum absolute atomic E-state index is 12.9. The monoisotopic (exact) mass is 499 g/mol. The minimum absolute atomic E-state index is 0.0636. The van der Waals surface area contributed by atoms with Gasteiger partial charge in [-0.05, 0) is 60.7 Å². The first-order valence-corrected chi connectivity index (χ1v) is 12.1. The number of thiocarbonyl (C=S) groups is 1. The first-order valence-electron chi connectivity index (χ1n) is 10.3. The van der Waals surface area contributed by atoms with E-state index < -0.39 is 15.9 Å². The van der Waals surface area contributed by atoms with E-state index >= 15 is 0 Å². The Morgan fingerprint density at radius 2 is 1.59 bits per heavy atom. The van der Waals surface area contributed by atoms with Gasteiger partial charge < -0.3 is 14.8 Å². The number of nitrogens with one attached hydrogen (secondary N) is 2. The topological polar surface area (TPSA) is 97.0 Å². The molecule has 10 heteroatoms. The summed E-state index contributed by atoms with van der Waals surface area (Å²) in [6.45, 7) is 0.695. The van der Waals surface area contributed by atoms with Crippen LogP contribution in [0.3, 0.4) is 0 Å². The normalized spacial score (nSPS) is 10.9. The Hall–Kier alpha value is -3.47. The number of hydrogen-bond acceptors (Lipinski definition) is 6. The molecule has 0 spiro atoms. The van der Waals surface area contributed by atoms with E-state index in [1.807, 2.05) is 6.07 Å². The number of benzene rings is 3. The van der Waals surface area contributed by atoms with E-state index in [2.05, 4.69) is 10.6 Å². The van der Waals surface area contributed by atoms with E-state index in [4.69, 9.17) is 21.7 Å². The van der Waals surface area contributed by atoms with Gasteiger partial charge in [0, 0.05) is 19.8 Å². The number of methoxy groups -OCH3 is 1. The van der Waals surface area contributed by atoms with E-state index in [0.717, 1.165) is 0 Å². The molecule has 0 aliphatic rings.